The number of rotatable bonds is 5. The molecule has 1 N–H and O–H groups in total. The van der Waals surface area contributed by atoms with E-state index in [1.54, 1.807) is 12.1 Å². The van der Waals surface area contributed by atoms with Crippen molar-refractivity contribution in [3.63, 3.8) is 0 Å². The maximum absolute atomic E-state index is 13.0. The topological polar surface area (TPSA) is 47.0 Å². The lowest BCUT2D eigenvalue weighted by molar-refractivity contribution is 0.470. The second-order valence-corrected chi connectivity index (χ2v) is 5.30. The summed E-state index contributed by atoms with van der Waals surface area (Å²) < 4.78 is 18.9. The molecule has 0 aliphatic carbocycles. The van der Waals surface area contributed by atoms with Crippen molar-refractivity contribution in [3.05, 3.63) is 33.5 Å². The van der Waals surface area contributed by atoms with Gasteiger partial charge in [-0.3, -0.25) is 0 Å². The number of aromatic nitrogens is 2. The fourth-order valence-electron chi connectivity index (χ4n) is 1.22. The predicted molar refractivity (Wildman–Crippen MR) is 71.5 cm³/mol. The quantitative estimate of drug-likeness (QED) is 0.912. The summed E-state index contributed by atoms with van der Waals surface area (Å²) in [4.78, 5) is 0. The molecule has 0 aliphatic heterocycles. The van der Waals surface area contributed by atoms with Crippen LogP contribution in [0.5, 0.6) is 10.9 Å². The van der Waals surface area contributed by atoms with Crippen molar-refractivity contribution in [2.24, 2.45) is 0 Å². The Morgan fingerprint density at radius 1 is 1.44 bits per heavy atom. The molecule has 0 fully saturated rings. The summed E-state index contributed by atoms with van der Waals surface area (Å²) in [5, 5.41) is 12.4. The Balaban J connectivity index is 2.04. The molecule has 0 aliphatic rings. The minimum Gasteiger partial charge on any atom is -0.430 e. The molecule has 4 nitrogen and oxygen atoms in total. The Bertz CT molecular complexity index is 535. The Morgan fingerprint density at radius 3 is 3.00 bits per heavy atom. The van der Waals surface area contributed by atoms with E-state index in [4.69, 9.17) is 4.74 Å². The second-order valence-electron chi connectivity index (χ2n) is 3.42. The van der Waals surface area contributed by atoms with Gasteiger partial charge in [0.25, 0.3) is 5.19 Å². The fourth-order valence-corrected chi connectivity index (χ4v) is 2.26. The molecule has 2 aromatic rings. The Kier molecular flexibility index (Phi) is 4.62. The van der Waals surface area contributed by atoms with Crippen LogP contribution in [0.4, 0.5) is 4.39 Å². The van der Waals surface area contributed by atoms with Gasteiger partial charge < -0.3 is 10.1 Å². The molecular formula is C11H11BrFN3OS. The van der Waals surface area contributed by atoms with E-state index < -0.39 is 0 Å². The Hall–Kier alpha value is -1.05. The molecule has 0 atom stereocenters. The van der Waals surface area contributed by atoms with E-state index in [9.17, 15) is 4.39 Å². The van der Waals surface area contributed by atoms with E-state index in [0.717, 1.165) is 11.6 Å². The minimum atomic E-state index is -0.326. The van der Waals surface area contributed by atoms with Gasteiger partial charge in [-0.1, -0.05) is 23.4 Å². The van der Waals surface area contributed by atoms with Crippen molar-refractivity contribution >= 4 is 27.3 Å². The third kappa shape index (κ3) is 3.47. The van der Waals surface area contributed by atoms with Crippen LogP contribution in [0.2, 0.25) is 0 Å². The highest BCUT2D eigenvalue weighted by atomic mass is 79.9. The second kappa shape index (κ2) is 6.21. The van der Waals surface area contributed by atoms with Crippen molar-refractivity contribution < 1.29 is 9.13 Å². The van der Waals surface area contributed by atoms with E-state index in [1.165, 1.54) is 17.4 Å². The molecule has 18 heavy (non-hydrogen) atoms. The van der Waals surface area contributed by atoms with E-state index in [2.05, 4.69) is 31.4 Å². The van der Waals surface area contributed by atoms with Crippen molar-refractivity contribution in [1.29, 1.82) is 0 Å². The lowest BCUT2D eigenvalue weighted by Crippen LogP contribution is -2.11. The summed E-state index contributed by atoms with van der Waals surface area (Å²) in [6.07, 6.45) is 0. The van der Waals surface area contributed by atoms with E-state index >= 15 is 0 Å². The number of benzene rings is 1. The van der Waals surface area contributed by atoms with Crippen LogP contribution in [0.3, 0.4) is 0 Å². The first kappa shape index (κ1) is 13.4. The highest BCUT2D eigenvalue weighted by molar-refractivity contribution is 9.10. The average molecular weight is 332 g/mol. The third-order valence-corrected chi connectivity index (χ3v) is 3.48. The van der Waals surface area contributed by atoms with E-state index in [0.29, 0.717) is 22.0 Å². The van der Waals surface area contributed by atoms with Crippen LogP contribution in [0, 0.1) is 5.82 Å². The molecule has 0 amide bonds. The van der Waals surface area contributed by atoms with Crippen LogP contribution in [0.15, 0.2) is 22.7 Å². The first-order valence-electron chi connectivity index (χ1n) is 5.35. The number of nitrogens with one attached hydrogen (secondary N) is 1. The zero-order valence-corrected chi connectivity index (χ0v) is 12.0. The standard InChI is InChI=1S/C11H11BrFN3OS/c1-2-14-6-10-15-16-11(18-10)17-7-3-4-9(13)8(12)5-7/h3-5,14H,2,6H2,1H3. The molecule has 96 valence electrons. The van der Waals surface area contributed by atoms with Crippen molar-refractivity contribution in [2.75, 3.05) is 6.54 Å². The highest BCUT2D eigenvalue weighted by Crippen LogP contribution is 2.28. The average Bonchev–Trinajstić information content (AvgIpc) is 2.79. The molecular weight excluding hydrogens is 321 g/mol. The summed E-state index contributed by atoms with van der Waals surface area (Å²) in [5.41, 5.74) is 0. The van der Waals surface area contributed by atoms with Crippen LogP contribution in [-0.4, -0.2) is 16.7 Å². The van der Waals surface area contributed by atoms with Gasteiger partial charge in [0.05, 0.1) is 4.47 Å². The van der Waals surface area contributed by atoms with E-state index in [-0.39, 0.29) is 5.82 Å². The van der Waals surface area contributed by atoms with Gasteiger partial charge in [-0.25, -0.2) is 4.39 Å². The van der Waals surface area contributed by atoms with Crippen LogP contribution in [0.1, 0.15) is 11.9 Å². The third-order valence-electron chi connectivity index (χ3n) is 2.07. The molecule has 0 radical (unpaired) electrons. The highest BCUT2D eigenvalue weighted by Gasteiger charge is 2.07. The summed E-state index contributed by atoms with van der Waals surface area (Å²) in [6, 6.07) is 4.44. The SMILES string of the molecule is CCNCc1nnc(Oc2ccc(F)c(Br)c2)s1. The monoisotopic (exact) mass is 331 g/mol. The molecule has 1 heterocycles. The summed E-state index contributed by atoms with van der Waals surface area (Å²) in [6.45, 7) is 3.57. The van der Waals surface area contributed by atoms with Gasteiger partial charge in [-0.05, 0) is 40.7 Å². The first-order chi connectivity index (χ1) is 8.69. The first-order valence-corrected chi connectivity index (χ1v) is 6.96. The molecule has 7 heteroatoms. The number of ether oxygens (including phenoxy) is 1. The van der Waals surface area contributed by atoms with Crippen molar-refractivity contribution in [2.45, 2.75) is 13.5 Å². The molecule has 0 saturated heterocycles. The summed E-state index contributed by atoms with van der Waals surface area (Å²) in [7, 11) is 0. The summed E-state index contributed by atoms with van der Waals surface area (Å²) in [5.74, 6) is 0.196. The molecule has 1 aromatic heterocycles. The largest absolute Gasteiger partial charge is 0.430 e. The fraction of sp³-hybridized carbons (Fsp3) is 0.273. The summed E-state index contributed by atoms with van der Waals surface area (Å²) >= 11 is 4.46. The molecule has 2 rings (SSSR count). The van der Waals surface area contributed by atoms with Gasteiger partial charge in [-0.15, -0.1) is 5.10 Å². The maximum Gasteiger partial charge on any atom is 0.299 e. The van der Waals surface area contributed by atoms with Gasteiger partial charge in [0.1, 0.15) is 16.6 Å². The number of hydrogen-bond acceptors (Lipinski definition) is 5. The molecule has 0 bridgehead atoms. The van der Waals surface area contributed by atoms with Gasteiger partial charge in [0.15, 0.2) is 0 Å². The normalized spacial score (nSPS) is 10.6. The Labute approximate surface area is 116 Å². The number of nitrogens with zero attached hydrogens (tertiary/aromatic N) is 2. The van der Waals surface area contributed by atoms with E-state index in [1.807, 2.05) is 6.92 Å². The number of halogens is 2. The molecule has 0 unspecified atom stereocenters. The number of hydrogen-bond donors (Lipinski definition) is 1. The van der Waals surface area contributed by atoms with Gasteiger partial charge in [0.2, 0.25) is 0 Å². The lowest BCUT2D eigenvalue weighted by Gasteiger charge is -2.01. The molecule has 0 saturated carbocycles. The van der Waals surface area contributed by atoms with Gasteiger partial charge in [0, 0.05) is 6.54 Å². The zero-order chi connectivity index (χ0) is 13.0. The molecule has 0 spiro atoms. The van der Waals surface area contributed by atoms with Crippen LogP contribution in [0.25, 0.3) is 0 Å². The van der Waals surface area contributed by atoms with Crippen LogP contribution in [-0.2, 0) is 6.54 Å². The lowest BCUT2D eigenvalue weighted by atomic mass is 10.3. The molecule has 1 aromatic carbocycles. The maximum atomic E-state index is 13.0. The smallest absolute Gasteiger partial charge is 0.299 e. The zero-order valence-electron chi connectivity index (χ0n) is 9.61. The van der Waals surface area contributed by atoms with Crippen molar-refractivity contribution in [1.82, 2.24) is 15.5 Å². The predicted octanol–water partition coefficient (Wildman–Crippen LogP) is 3.34. The Morgan fingerprint density at radius 2 is 2.28 bits per heavy atom. The van der Waals surface area contributed by atoms with Crippen LogP contribution < -0.4 is 10.1 Å². The minimum absolute atomic E-state index is 0.326. The van der Waals surface area contributed by atoms with Crippen molar-refractivity contribution in [3.8, 4) is 10.9 Å². The van der Waals surface area contributed by atoms with Gasteiger partial charge >= 0.3 is 0 Å². The van der Waals surface area contributed by atoms with Crippen LogP contribution >= 0.6 is 27.3 Å². The van der Waals surface area contributed by atoms with Gasteiger partial charge in [-0.2, -0.15) is 0 Å².